The Kier molecular flexibility index (Phi) is 4.76. The van der Waals surface area contributed by atoms with Crippen LogP contribution in [0.3, 0.4) is 0 Å². The Morgan fingerprint density at radius 3 is 1.96 bits per heavy atom. The summed E-state index contributed by atoms with van der Waals surface area (Å²) in [6.07, 6.45) is 0. The van der Waals surface area contributed by atoms with Gasteiger partial charge in [-0.05, 0) is 53.9 Å². The minimum atomic E-state index is 0.230. The van der Waals surface area contributed by atoms with E-state index >= 15 is 0 Å². The van der Waals surface area contributed by atoms with Crippen LogP contribution < -0.4 is 14.2 Å². The van der Waals surface area contributed by atoms with E-state index in [0.717, 1.165) is 17.2 Å². The van der Waals surface area contributed by atoms with Gasteiger partial charge in [-0.25, -0.2) is 0 Å². The van der Waals surface area contributed by atoms with Gasteiger partial charge in [-0.2, -0.15) is 0 Å². The first-order valence-electron chi connectivity index (χ1n) is 9.21. The third-order valence-electron chi connectivity index (χ3n) is 5.34. The number of fused-ring (bicyclic) bond motifs is 1. The third-order valence-corrected chi connectivity index (χ3v) is 5.34. The van der Waals surface area contributed by atoms with Crippen molar-refractivity contribution in [2.24, 2.45) is 0 Å². The van der Waals surface area contributed by atoms with Gasteiger partial charge in [0.15, 0.2) is 0 Å². The van der Waals surface area contributed by atoms with Crippen molar-refractivity contribution < 1.29 is 14.2 Å². The quantitative estimate of drug-likeness (QED) is 0.630. The maximum atomic E-state index is 6.17. The molecule has 138 valence electrons. The number of rotatable bonds is 4. The van der Waals surface area contributed by atoms with Crippen LogP contribution >= 0.6 is 0 Å². The van der Waals surface area contributed by atoms with E-state index in [2.05, 4.69) is 49.4 Å². The largest absolute Gasteiger partial charge is 0.497 e. The Morgan fingerprint density at radius 2 is 1.37 bits per heavy atom. The van der Waals surface area contributed by atoms with Gasteiger partial charge >= 0.3 is 0 Å². The summed E-state index contributed by atoms with van der Waals surface area (Å²) in [5.74, 6) is 3.19. The number of hydrogen-bond donors (Lipinski definition) is 0. The molecule has 2 atom stereocenters. The maximum absolute atomic E-state index is 6.17. The fraction of sp³-hybridized carbons (Fsp3) is 0.250. The zero-order chi connectivity index (χ0) is 18.8. The molecule has 0 saturated carbocycles. The Hall–Kier alpha value is -2.94. The van der Waals surface area contributed by atoms with E-state index in [1.54, 1.807) is 14.2 Å². The molecular weight excluding hydrogens is 336 g/mol. The van der Waals surface area contributed by atoms with Gasteiger partial charge in [-0.3, -0.25) is 0 Å². The number of hydrogen-bond acceptors (Lipinski definition) is 3. The van der Waals surface area contributed by atoms with Crippen molar-refractivity contribution >= 4 is 0 Å². The molecule has 0 amide bonds. The molecule has 0 aliphatic carbocycles. The average molecular weight is 360 g/mol. The first-order valence-corrected chi connectivity index (χ1v) is 9.21. The third kappa shape index (κ3) is 3.37. The number of aryl methyl sites for hydroxylation is 1. The second-order valence-electron chi connectivity index (χ2n) is 6.98. The minimum absolute atomic E-state index is 0.230. The molecule has 1 aliphatic rings. The van der Waals surface area contributed by atoms with Crippen LogP contribution in [-0.4, -0.2) is 20.8 Å². The summed E-state index contributed by atoms with van der Waals surface area (Å²) >= 11 is 0. The smallest absolute Gasteiger partial charge is 0.123 e. The van der Waals surface area contributed by atoms with Crippen LogP contribution in [0.5, 0.6) is 17.2 Å². The fourth-order valence-corrected chi connectivity index (χ4v) is 3.88. The molecule has 1 aliphatic heterocycles. The molecule has 1 heterocycles. The summed E-state index contributed by atoms with van der Waals surface area (Å²) in [4.78, 5) is 0. The van der Waals surface area contributed by atoms with Crippen LogP contribution in [0.15, 0.2) is 66.7 Å². The lowest BCUT2D eigenvalue weighted by atomic mass is 9.75. The normalized spacial score (nSPS) is 18.3. The molecule has 0 spiro atoms. The van der Waals surface area contributed by atoms with Gasteiger partial charge in [0.2, 0.25) is 0 Å². The average Bonchev–Trinajstić information content (AvgIpc) is 2.73. The molecule has 0 fully saturated rings. The highest BCUT2D eigenvalue weighted by atomic mass is 16.5. The van der Waals surface area contributed by atoms with Crippen molar-refractivity contribution in [3.8, 4) is 17.2 Å². The molecule has 3 aromatic rings. The Labute approximate surface area is 160 Å². The van der Waals surface area contributed by atoms with E-state index in [1.807, 2.05) is 24.3 Å². The summed E-state index contributed by atoms with van der Waals surface area (Å²) in [7, 11) is 3.39. The Balaban J connectivity index is 1.80. The van der Waals surface area contributed by atoms with Crippen LogP contribution in [0.1, 0.15) is 34.1 Å². The topological polar surface area (TPSA) is 27.7 Å². The minimum Gasteiger partial charge on any atom is -0.497 e. The lowest BCUT2D eigenvalue weighted by Crippen LogP contribution is -2.25. The molecule has 4 rings (SSSR count). The van der Waals surface area contributed by atoms with Crippen LogP contribution in [0, 0.1) is 6.92 Å². The lowest BCUT2D eigenvalue weighted by molar-refractivity contribution is 0.248. The van der Waals surface area contributed by atoms with Crippen molar-refractivity contribution in [3.63, 3.8) is 0 Å². The molecule has 0 aromatic heterocycles. The second-order valence-corrected chi connectivity index (χ2v) is 6.98. The summed E-state index contributed by atoms with van der Waals surface area (Å²) in [6.45, 7) is 2.75. The second kappa shape index (κ2) is 7.36. The highest BCUT2D eigenvalue weighted by Gasteiger charge is 2.33. The van der Waals surface area contributed by atoms with Gasteiger partial charge in [-0.1, -0.05) is 36.4 Å². The molecule has 0 radical (unpaired) electrons. The molecule has 3 aromatic carbocycles. The van der Waals surface area contributed by atoms with E-state index in [9.17, 15) is 0 Å². The molecule has 0 unspecified atom stereocenters. The molecular formula is C24H24O3. The zero-order valence-electron chi connectivity index (χ0n) is 15.9. The predicted octanol–water partition coefficient (Wildman–Crippen LogP) is 5.32. The summed E-state index contributed by atoms with van der Waals surface area (Å²) < 4.78 is 16.8. The van der Waals surface area contributed by atoms with Crippen LogP contribution in [0.25, 0.3) is 0 Å². The first-order chi connectivity index (χ1) is 13.2. The van der Waals surface area contributed by atoms with E-state index < -0.39 is 0 Å². The maximum Gasteiger partial charge on any atom is 0.123 e. The molecule has 3 heteroatoms. The van der Waals surface area contributed by atoms with Crippen molar-refractivity contribution in [2.45, 2.75) is 18.8 Å². The standard InChI is InChI=1S/C24H24O3/c1-16-4-13-21-23(14-16)27-15-22(17-5-9-19(25-2)10-6-17)24(21)18-7-11-20(26-3)12-8-18/h4-14,22,24H,15H2,1-3H3/t22-,24-/m0/s1. The Morgan fingerprint density at radius 1 is 0.778 bits per heavy atom. The van der Waals surface area contributed by atoms with Gasteiger partial charge < -0.3 is 14.2 Å². The molecule has 0 saturated heterocycles. The SMILES string of the molecule is COc1ccc([C@H]2c3ccc(C)cc3OC[C@H]2c2ccc(OC)cc2)cc1. The van der Waals surface area contributed by atoms with Gasteiger partial charge in [0, 0.05) is 17.4 Å². The van der Waals surface area contributed by atoms with E-state index in [4.69, 9.17) is 14.2 Å². The van der Waals surface area contributed by atoms with Gasteiger partial charge in [0.05, 0.1) is 20.8 Å². The van der Waals surface area contributed by atoms with Crippen LogP contribution in [-0.2, 0) is 0 Å². The number of methoxy groups -OCH3 is 2. The number of benzene rings is 3. The summed E-state index contributed by atoms with van der Waals surface area (Å²) in [5, 5.41) is 0. The Bertz CT molecular complexity index is 913. The van der Waals surface area contributed by atoms with Crippen molar-refractivity contribution in [1.29, 1.82) is 0 Å². The lowest BCUT2D eigenvalue weighted by Gasteiger charge is -2.35. The van der Waals surface area contributed by atoms with Crippen molar-refractivity contribution in [2.75, 3.05) is 20.8 Å². The first kappa shape index (κ1) is 17.5. The van der Waals surface area contributed by atoms with Gasteiger partial charge in [-0.15, -0.1) is 0 Å². The van der Waals surface area contributed by atoms with Crippen LogP contribution in [0.4, 0.5) is 0 Å². The zero-order valence-corrected chi connectivity index (χ0v) is 15.9. The van der Waals surface area contributed by atoms with E-state index in [0.29, 0.717) is 6.61 Å². The molecule has 0 N–H and O–H groups in total. The molecule has 0 bridgehead atoms. The van der Waals surface area contributed by atoms with E-state index in [1.165, 1.54) is 22.3 Å². The highest BCUT2D eigenvalue weighted by Crippen LogP contribution is 2.46. The number of ether oxygens (including phenoxy) is 3. The molecule has 3 nitrogen and oxygen atoms in total. The van der Waals surface area contributed by atoms with Gasteiger partial charge in [0.1, 0.15) is 17.2 Å². The highest BCUT2D eigenvalue weighted by molar-refractivity contribution is 5.50. The fourth-order valence-electron chi connectivity index (χ4n) is 3.88. The summed E-state index contributed by atoms with van der Waals surface area (Å²) in [6, 6.07) is 23.2. The monoisotopic (exact) mass is 360 g/mol. The van der Waals surface area contributed by atoms with Crippen molar-refractivity contribution in [3.05, 3.63) is 89.0 Å². The van der Waals surface area contributed by atoms with E-state index in [-0.39, 0.29) is 11.8 Å². The van der Waals surface area contributed by atoms with Crippen LogP contribution in [0.2, 0.25) is 0 Å². The summed E-state index contributed by atoms with van der Waals surface area (Å²) in [5.41, 5.74) is 4.97. The van der Waals surface area contributed by atoms with Gasteiger partial charge in [0.25, 0.3) is 0 Å². The predicted molar refractivity (Wildman–Crippen MR) is 107 cm³/mol. The van der Waals surface area contributed by atoms with Crippen molar-refractivity contribution in [1.82, 2.24) is 0 Å². The molecule has 27 heavy (non-hydrogen) atoms.